The van der Waals surface area contributed by atoms with E-state index in [2.05, 4.69) is 0 Å². The first-order chi connectivity index (χ1) is 7.93. The first-order valence-corrected chi connectivity index (χ1v) is 5.20. The van der Waals surface area contributed by atoms with E-state index in [9.17, 15) is 13.6 Å². The van der Waals surface area contributed by atoms with Crippen LogP contribution in [0.15, 0.2) is 18.2 Å². The quantitative estimate of drug-likeness (QED) is 0.758. The van der Waals surface area contributed by atoms with Crippen LogP contribution in [0.25, 0.3) is 0 Å². The molecule has 0 aliphatic rings. The highest BCUT2D eigenvalue weighted by Crippen LogP contribution is 2.14. The molecule has 1 rings (SSSR count). The number of hydroxylamine groups is 2. The van der Waals surface area contributed by atoms with Gasteiger partial charge in [-0.15, -0.1) is 0 Å². The van der Waals surface area contributed by atoms with Gasteiger partial charge in [0.2, 0.25) is 5.91 Å². The second-order valence-electron chi connectivity index (χ2n) is 3.90. The molecule has 17 heavy (non-hydrogen) atoms. The summed E-state index contributed by atoms with van der Waals surface area (Å²) in [5, 5.41) is 1.10. The smallest absolute Gasteiger partial charge is 0.248 e. The SMILES string of the molecule is CON(C)C(=O)[C@@H](C)Cc1cc(F)cc(F)c1. The summed E-state index contributed by atoms with van der Waals surface area (Å²) in [6, 6.07) is 3.25. The predicted molar refractivity (Wildman–Crippen MR) is 59.0 cm³/mol. The van der Waals surface area contributed by atoms with Gasteiger partial charge < -0.3 is 0 Å². The molecule has 0 spiro atoms. The van der Waals surface area contributed by atoms with Gasteiger partial charge in [-0.3, -0.25) is 9.63 Å². The van der Waals surface area contributed by atoms with Gasteiger partial charge in [0.1, 0.15) is 11.6 Å². The number of rotatable bonds is 4. The van der Waals surface area contributed by atoms with E-state index in [0.29, 0.717) is 5.56 Å². The maximum Gasteiger partial charge on any atom is 0.248 e. The lowest BCUT2D eigenvalue weighted by Gasteiger charge is -2.18. The van der Waals surface area contributed by atoms with Crippen molar-refractivity contribution in [2.75, 3.05) is 14.2 Å². The summed E-state index contributed by atoms with van der Waals surface area (Å²) < 4.78 is 25.9. The van der Waals surface area contributed by atoms with Gasteiger partial charge in [-0.25, -0.2) is 13.8 Å². The molecule has 0 aliphatic carbocycles. The number of carbonyl (C=O) groups is 1. The van der Waals surface area contributed by atoms with Crippen LogP contribution in [0.1, 0.15) is 12.5 Å². The minimum absolute atomic E-state index is 0.239. The highest BCUT2D eigenvalue weighted by Gasteiger charge is 2.18. The molecule has 0 radical (unpaired) electrons. The van der Waals surface area contributed by atoms with Crippen molar-refractivity contribution in [2.24, 2.45) is 5.92 Å². The highest BCUT2D eigenvalue weighted by atomic mass is 19.1. The normalized spacial score (nSPS) is 12.3. The van der Waals surface area contributed by atoms with Crippen LogP contribution in [-0.4, -0.2) is 25.1 Å². The molecule has 0 saturated heterocycles. The summed E-state index contributed by atoms with van der Waals surface area (Å²) in [6.07, 6.45) is 0.265. The van der Waals surface area contributed by atoms with E-state index in [4.69, 9.17) is 4.84 Å². The van der Waals surface area contributed by atoms with Crippen LogP contribution in [-0.2, 0) is 16.1 Å². The minimum atomic E-state index is -0.639. The highest BCUT2D eigenvalue weighted by molar-refractivity contribution is 5.77. The number of nitrogens with zero attached hydrogens (tertiary/aromatic N) is 1. The van der Waals surface area contributed by atoms with Crippen molar-refractivity contribution >= 4 is 5.91 Å². The monoisotopic (exact) mass is 243 g/mol. The van der Waals surface area contributed by atoms with Crippen molar-refractivity contribution < 1.29 is 18.4 Å². The summed E-state index contributed by atoms with van der Waals surface area (Å²) in [7, 11) is 2.87. The van der Waals surface area contributed by atoms with E-state index < -0.39 is 17.6 Å². The summed E-state index contributed by atoms with van der Waals surface area (Å²) in [5.41, 5.74) is 0.452. The van der Waals surface area contributed by atoms with Gasteiger partial charge in [-0.1, -0.05) is 6.92 Å². The van der Waals surface area contributed by atoms with Crippen LogP contribution in [0.4, 0.5) is 8.78 Å². The number of hydrogen-bond acceptors (Lipinski definition) is 2. The van der Waals surface area contributed by atoms with Crippen molar-refractivity contribution in [3.63, 3.8) is 0 Å². The number of halogens is 2. The predicted octanol–water partition coefficient (Wildman–Crippen LogP) is 2.16. The van der Waals surface area contributed by atoms with Gasteiger partial charge in [-0.05, 0) is 24.1 Å². The number of benzene rings is 1. The molecule has 0 N–H and O–H groups in total. The average molecular weight is 243 g/mol. The lowest BCUT2D eigenvalue weighted by Crippen LogP contribution is -2.31. The van der Waals surface area contributed by atoms with Crippen molar-refractivity contribution in [2.45, 2.75) is 13.3 Å². The molecule has 0 aromatic heterocycles. The third-order valence-corrected chi connectivity index (χ3v) is 2.47. The van der Waals surface area contributed by atoms with Crippen LogP contribution in [0.3, 0.4) is 0 Å². The zero-order chi connectivity index (χ0) is 13.0. The van der Waals surface area contributed by atoms with Crippen molar-refractivity contribution in [1.29, 1.82) is 0 Å². The van der Waals surface area contributed by atoms with E-state index in [-0.39, 0.29) is 12.3 Å². The van der Waals surface area contributed by atoms with Gasteiger partial charge in [0.05, 0.1) is 7.11 Å². The van der Waals surface area contributed by atoms with Gasteiger partial charge in [-0.2, -0.15) is 0 Å². The largest absolute Gasteiger partial charge is 0.275 e. The molecule has 0 bridgehead atoms. The standard InChI is InChI=1S/C12H15F2NO2/c1-8(12(16)15(2)17-3)4-9-5-10(13)7-11(14)6-9/h5-8H,4H2,1-3H3/t8-/m0/s1. The van der Waals surface area contributed by atoms with Crippen LogP contribution >= 0.6 is 0 Å². The van der Waals surface area contributed by atoms with Crippen molar-refractivity contribution in [3.05, 3.63) is 35.4 Å². The number of carbonyl (C=O) groups excluding carboxylic acids is 1. The Kier molecular flexibility index (Phi) is 4.57. The third-order valence-electron chi connectivity index (χ3n) is 2.47. The van der Waals surface area contributed by atoms with E-state index >= 15 is 0 Å². The van der Waals surface area contributed by atoms with Crippen LogP contribution in [0.5, 0.6) is 0 Å². The molecular weight excluding hydrogens is 228 g/mol. The zero-order valence-corrected chi connectivity index (χ0v) is 10.0. The fraction of sp³-hybridized carbons (Fsp3) is 0.417. The Hall–Kier alpha value is -1.49. The van der Waals surface area contributed by atoms with E-state index in [1.165, 1.54) is 26.3 Å². The summed E-state index contributed by atoms with van der Waals surface area (Å²) >= 11 is 0. The first-order valence-electron chi connectivity index (χ1n) is 5.20. The molecule has 0 saturated carbocycles. The van der Waals surface area contributed by atoms with E-state index in [0.717, 1.165) is 11.1 Å². The Morgan fingerprint density at radius 2 is 1.88 bits per heavy atom. The average Bonchev–Trinajstić information content (AvgIpc) is 2.25. The lowest BCUT2D eigenvalue weighted by atomic mass is 10.0. The Morgan fingerprint density at radius 1 is 1.35 bits per heavy atom. The molecule has 0 heterocycles. The van der Waals surface area contributed by atoms with Gasteiger partial charge in [0.15, 0.2) is 0 Å². The molecule has 0 unspecified atom stereocenters. The molecule has 1 amide bonds. The Labute approximate surface area is 98.9 Å². The Bertz CT molecular complexity index is 389. The van der Waals surface area contributed by atoms with E-state index in [1.807, 2.05) is 0 Å². The first kappa shape index (κ1) is 13.6. The zero-order valence-electron chi connectivity index (χ0n) is 10.0. The number of hydrogen-bond donors (Lipinski definition) is 0. The van der Waals surface area contributed by atoms with Gasteiger partial charge in [0, 0.05) is 19.0 Å². The maximum absolute atomic E-state index is 12.9. The molecule has 94 valence electrons. The van der Waals surface area contributed by atoms with Crippen molar-refractivity contribution in [1.82, 2.24) is 5.06 Å². The lowest BCUT2D eigenvalue weighted by molar-refractivity contribution is -0.172. The fourth-order valence-corrected chi connectivity index (χ4v) is 1.57. The summed E-state index contributed by atoms with van der Waals surface area (Å²) in [4.78, 5) is 16.4. The molecule has 3 nitrogen and oxygen atoms in total. The van der Waals surface area contributed by atoms with Crippen molar-refractivity contribution in [3.8, 4) is 0 Å². The number of amides is 1. The van der Waals surface area contributed by atoms with Crippen LogP contribution in [0, 0.1) is 17.6 Å². The molecule has 1 atom stereocenters. The topological polar surface area (TPSA) is 29.5 Å². The molecule has 0 aliphatic heterocycles. The molecule has 0 fully saturated rings. The third kappa shape index (κ3) is 3.78. The molecule has 1 aromatic rings. The molecular formula is C12H15F2NO2. The van der Waals surface area contributed by atoms with Crippen LogP contribution < -0.4 is 0 Å². The van der Waals surface area contributed by atoms with E-state index in [1.54, 1.807) is 6.92 Å². The summed E-state index contributed by atoms with van der Waals surface area (Å²) in [6.45, 7) is 1.68. The molecule has 1 aromatic carbocycles. The summed E-state index contributed by atoms with van der Waals surface area (Å²) in [5.74, 6) is -1.92. The molecule has 5 heteroatoms. The second-order valence-corrected chi connectivity index (χ2v) is 3.90. The fourth-order valence-electron chi connectivity index (χ4n) is 1.57. The minimum Gasteiger partial charge on any atom is -0.275 e. The Morgan fingerprint density at radius 3 is 2.35 bits per heavy atom. The second kappa shape index (κ2) is 5.72. The van der Waals surface area contributed by atoms with Gasteiger partial charge >= 0.3 is 0 Å². The maximum atomic E-state index is 12.9. The van der Waals surface area contributed by atoms with Gasteiger partial charge in [0.25, 0.3) is 0 Å². The Balaban J connectivity index is 2.74. The van der Waals surface area contributed by atoms with Crippen LogP contribution in [0.2, 0.25) is 0 Å².